The Kier molecular flexibility index (Phi) is 4.47. The molecule has 0 saturated heterocycles. The first kappa shape index (κ1) is 13.5. The Morgan fingerprint density at radius 1 is 1.16 bits per heavy atom. The summed E-state index contributed by atoms with van der Waals surface area (Å²) in [6.07, 6.45) is 3.25. The third-order valence-electron chi connectivity index (χ3n) is 2.50. The van der Waals surface area contributed by atoms with Gasteiger partial charge in [-0.2, -0.15) is 0 Å². The van der Waals surface area contributed by atoms with Gasteiger partial charge in [-0.15, -0.1) is 0 Å². The SMILES string of the molecule is Cc1ccc(C(=O)/C=C/Sc2nccc(C)n2)cc1. The molecule has 0 unspecified atom stereocenters. The number of ketones is 1. The summed E-state index contributed by atoms with van der Waals surface area (Å²) in [5.74, 6) is -0.0137. The van der Waals surface area contributed by atoms with E-state index in [0.29, 0.717) is 10.7 Å². The van der Waals surface area contributed by atoms with Gasteiger partial charge < -0.3 is 0 Å². The molecule has 19 heavy (non-hydrogen) atoms. The van der Waals surface area contributed by atoms with E-state index in [1.165, 1.54) is 11.8 Å². The lowest BCUT2D eigenvalue weighted by molar-refractivity contribution is 0.104. The molecule has 0 N–H and O–H groups in total. The number of aryl methyl sites for hydroxylation is 2. The highest BCUT2D eigenvalue weighted by atomic mass is 32.2. The molecule has 0 amide bonds. The lowest BCUT2D eigenvalue weighted by Crippen LogP contribution is -1.93. The molecule has 4 heteroatoms. The second-order valence-corrected chi connectivity index (χ2v) is 5.00. The third-order valence-corrected chi connectivity index (χ3v) is 3.18. The van der Waals surface area contributed by atoms with E-state index in [1.807, 2.05) is 44.2 Å². The predicted molar refractivity (Wildman–Crippen MR) is 77.3 cm³/mol. The Morgan fingerprint density at radius 2 is 1.89 bits per heavy atom. The van der Waals surface area contributed by atoms with E-state index in [2.05, 4.69) is 9.97 Å². The summed E-state index contributed by atoms with van der Waals surface area (Å²) in [4.78, 5) is 20.2. The normalized spacial score (nSPS) is 10.8. The van der Waals surface area contributed by atoms with E-state index < -0.39 is 0 Å². The smallest absolute Gasteiger partial charge is 0.192 e. The van der Waals surface area contributed by atoms with E-state index in [4.69, 9.17) is 0 Å². The Balaban J connectivity index is 1.99. The molecule has 0 fully saturated rings. The Bertz CT molecular complexity index is 606. The van der Waals surface area contributed by atoms with Crippen LogP contribution in [-0.2, 0) is 0 Å². The van der Waals surface area contributed by atoms with Crippen LogP contribution < -0.4 is 0 Å². The number of hydrogen-bond acceptors (Lipinski definition) is 4. The summed E-state index contributed by atoms with van der Waals surface area (Å²) in [6.45, 7) is 3.90. The number of allylic oxidation sites excluding steroid dienone is 1. The molecule has 1 aromatic heterocycles. The highest BCUT2D eigenvalue weighted by Crippen LogP contribution is 2.14. The number of carbonyl (C=O) groups excluding carboxylic acids is 1. The van der Waals surface area contributed by atoms with Gasteiger partial charge >= 0.3 is 0 Å². The topological polar surface area (TPSA) is 42.9 Å². The molecule has 0 aliphatic carbocycles. The fourth-order valence-electron chi connectivity index (χ4n) is 1.45. The zero-order valence-electron chi connectivity index (χ0n) is 10.8. The molecule has 0 spiro atoms. The van der Waals surface area contributed by atoms with Gasteiger partial charge in [0.15, 0.2) is 10.9 Å². The van der Waals surface area contributed by atoms with Crippen molar-refractivity contribution in [2.24, 2.45) is 0 Å². The highest BCUT2D eigenvalue weighted by Gasteiger charge is 2.01. The van der Waals surface area contributed by atoms with Crippen LogP contribution in [0.4, 0.5) is 0 Å². The molecule has 0 radical (unpaired) electrons. The number of aromatic nitrogens is 2. The van der Waals surface area contributed by atoms with Crippen LogP contribution >= 0.6 is 11.8 Å². The zero-order valence-corrected chi connectivity index (χ0v) is 11.6. The summed E-state index contributed by atoms with van der Waals surface area (Å²) in [7, 11) is 0. The first-order chi connectivity index (χ1) is 9.15. The molecule has 3 nitrogen and oxygen atoms in total. The first-order valence-electron chi connectivity index (χ1n) is 5.89. The number of carbonyl (C=O) groups is 1. The van der Waals surface area contributed by atoms with Crippen LogP contribution in [0.1, 0.15) is 21.6 Å². The van der Waals surface area contributed by atoms with Gasteiger partial charge in [-0.05, 0) is 31.4 Å². The monoisotopic (exact) mass is 270 g/mol. The third kappa shape index (κ3) is 4.03. The zero-order chi connectivity index (χ0) is 13.7. The Labute approximate surface area is 116 Å². The molecule has 2 aromatic rings. The van der Waals surface area contributed by atoms with Gasteiger partial charge in [0.05, 0.1) is 0 Å². The standard InChI is InChI=1S/C15H14N2OS/c1-11-3-5-13(6-4-11)14(18)8-10-19-15-16-9-7-12(2)17-15/h3-10H,1-2H3/b10-8+. The minimum absolute atomic E-state index is 0.0137. The van der Waals surface area contributed by atoms with Crippen LogP contribution in [0.25, 0.3) is 0 Å². The number of nitrogens with zero attached hydrogens (tertiary/aromatic N) is 2. The van der Waals surface area contributed by atoms with Crippen LogP contribution in [0.3, 0.4) is 0 Å². The van der Waals surface area contributed by atoms with E-state index in [1.54, 1.807) is 17.7 Å². The number of hydrogen-bond donors (Lipinski definition) is 0. The fraction of sp³-hybridized carbons (Fsp3) is 0.133. The van der Waals surface area contributed by atoms with Crippen molar-refractivity contribution in [2.75, 3.05) is 0 Å². The highest BCUT2D eigenvalue weighted by molar-refractivity contribution is 8.02. The van der Waals surface area contributed by atoms with Crippen molar-refractivity contribution in [3.8, 4) is 0 Å². The molecule has 1 aromatic carbocycles. The van der Waals surface area contributed by atoms with Gasteiger partial charge in [-0.25, -0.2) is 9.97 Å². The van der Waals surface area contributed by atoms with Crippen molar-refractivity contribution in [3.63, 3.8) is 0 Å². The summed E-state index contributed by atoms with van der Waals surface area (Å²) in [5, 5.41) is 2.37. The molecular weight excluding hydrogens is 256 g/mol. The van der Waals surface area contributed by atoms with Crippen molar-refractivity contribution >= 4 is 17.5 Å². The predicted octanol–water partition coefficient (Wildman–Crippen LogP) is 3.58. The van der Waals surface area contributed by atoms with Crippen molar-refractivity contribution in [1.82, 2.24) is 9.97 Å². The first-order valence-corrected chi connectivity index (χ1v) is 6.77. The van der Waals surface area contributed by atoms with E-state index in [9.17, 15) is 4.79 Å². The Hall–Kier alpha value is -1.94. The maximum atomic E-state index is 11.9. The molecule has 0 aliphatic rings. The lowest BCUT2D eigenvalue weighted by atomic mass is 10.1. The van der Waals surface area contributed by atoms with Crippen molar-refractivity contribution < 1.29 is 4.79 Å². The second-order valence-electron chi connectivity index (χ2n) is 4.13. The van der Waals surface area contributed by atoms with Crippen LogP contribution in [0.15, 0.2) is 53.2 Å². The van der Waals surface area contributed by atoms with E-state index in [0.717, 1.165) is 11.3 Å². The van der Waals surface area contributed by atoms with Gasteiger partial charge in [0.1, 0.15) is 0 Å². The Morgan fingerprint density at radius 3 is 2.58 bits per heavy atom. The molecule has 0 saturated carbocycles. The summed E-state index contributed by atoms with van der Waals surface area (Å²) < 4.78 is 0. The molecule has 1 heterocycles. The molecular formula is C15H14N2OS. The second kappa shape index (κ2) is 6.29. The number of benzene rings is 1. The summed E-state index contributed by atoms with van der Waals surface area (Å²) in [6, 6.07) is 9.35. The average Bonchev–Trinajstić information content (AvgIpc) is 2.39. The molecule has 2 rings (SSSR count). The van der Waals surface area contributed by atoms with Crippen LogP contribution in [0.2, 0.25) is 0 Å². The fourth-order valence-corrected chi connectivity index (χ4v) is 2.09. The molecule has 0 atom stereocenters. The number of thioether (sulfide) groups is 1. The van der Waals surface area contributed by atoms with Crippen LogP contribution in [-0.4, -0.2) is 15.8 Å². The minimum Gasteiger partial charge on any atom is -0.289 e. The van der Waals surface area contributed by atoms with Crippen molar-refractivity contribution in [3.05, 3.63) is 64.8 Å². The maximum Gasteiger partial charge on any atom is 0.192 e. The summed E-state index contributed by atoms with van der Waals surface area (Å²) in [5.41, 5.74) is 2.74. The van der Waals surface area contributed by atoms with Crippen molar-refractivity contribution in [2.45, 2.75) is 19.0 Å². The van der Waals surface area contributed by atoms with Gasteiger partial charge in [0, 0.05) is 17.5 Å². The van der Waals surface area contributed by atoms with Gasteiger partial charge in [0.25, 0.3) is 0 Å². The van der Waals surface area contributed by atoms with Crippen molar-refractivity contribution in [1.29, 1.82) is 0 Å². The van der Waals surface area contributed by atoms with Gasteiger partial charge in [-0.1, -0.05) is 41.6 Å². The van der Waals surface area contributed by atoms with Gasteiger partial charge in [0.2, 0.25) is 0 Å². The molecule has 96 valence electrons. The van der Waals surface area contributed by atoms with E-state index in [-0.39, 0.29) is 5.78 Å². The average molecular weight is 270 g/mol. The maximum absolute atomic E-state index is 11.9. The summed E-state index contributed by atoms with van der Waals surface area (Å²) >= 11 is 1.34. The largest absolute Gasteiger partial charge is 0.289 e. The lowest BCUT2D eigenvalue weighted by Gasteiger charge is -1.97. The molecule has 0 aliphatic heterocycles. The van der Waals surface area contributed by atoms with Crippen LogP contribution in [0.5, 0.6) is 0 Å². The number of rotatable bonds is 4. The quantitative estimate of drug-likeness (QED) is 0.368. The van der Waals surface area contributed by atoms with E-state index >= 15 is 0 Å². The van der Waals surface area contributed by atoms with Crippen LogP contribution in [0, 0.1) is 13.8 Å². The minimum atomic E-state index is -0.0137. The van der Waals surface area contributed by atoms with Gasteiger partial charge in [-0.3, -0.25) is 4.79 Å². The molecule has 0 bridgehead atoms.